The van der Waals surface area contributed by atoms with Crippen LogP contribution in [-0.4, -0.2) is 48.9 Å². The highest BCUT2D eigenvalue weighted by Gasteiger charge is 2.46. The van der Waals surface area contributed by atoms with Gasteiger partial charge in [0.05, 0.1) is 5.41 Å². The van der Waals surface area contributed by atoms with Gasteiger partial charge < -0.3 is 9.80 Å². The fraction of sp³-hybridized carbons (Fsp3) is 0.909. The number of piperidine rings is 1. The number of hydrogen-bond donors (Lipinski definition) is 0. The van der Waals surface area contributed by atoms with Crippen molar-refractivity contribution in [1.82, 2.24) is 9.80 Å². The number of amides is 1. The fourth-order valence-corrected chi connectivity index (χ4v) is 2.71. The van der Waals surface area contributed by atoms with Gasteiger partial charge in [-0.15, -0.1) is 12.4 Å². The number of rotatable bonds is 1. The second kappa shape index (κ2) is 4.71. The summed E-state index contributed by atoms with van der Waals surface area (Å²) in [6, 6.07) is 0. The minimum atomic E-state index is 0. The molecule has 0 aromatic carbocycles. The molecule has 0 aromatic heterocycles. The standard InChI is InChI=1S/C11H20N2O.ClH/c1-3-13-9-6-11(10(13)14)4-7-12(2)8-5-11;/h3-9H2,1-2H3;1H. The van der Waals surface area contributed by atoms with Crippen molar-refractivity contribution in [2.75, 3.05) is 33.2 Å². The van der Waals surface area contributed by atoms with Gasteiger partial charge in [0.2, 0.25) is 5.91 Å². The smallest absolute Gasteiger partial charge is 0.228 e. The van der Waals surface area contributed by atoms with E-state index in [-0.39, 0.29) is 17.8 Å². The molecule has 0 N–H and O–H groups in total. The zero-order chi connectivity index (χ0) is 10.2. The van der Waals surface area contributed by atoms with Crippen LogP contribution in [-0.2, 0) is 4.79 Å². The molecule has 0 radical (unpaired) electrons. The minimum absolute atomic E-state index is 0. The molecule has 0 bridgehead atoms. The maximum Gasteiger partial charge on any atom is 0.228 e. The van der Waals surface area contributed by atoms with Crippen molar-refractivity contribution in [3.8, 4) is 0 Å². The minimum Gasteiger partial charge on any atom is -0.342 e. The zero-order valence-corrected chi connectivity index (χ0v) is 10.5. The molecule has 0 unspecified atom stereocenters. The summed E-state index contributed by atoms with van der Waals surface area (Å²) in [4.78, 5) is 16.5. The van der Waals surface area contributed by atoms with Gasteiger partial charge in [-0.05, 0) is 46.3 Å². The molecule has 2 aliphatic rings. The van der Waals surface area contributed by atoms with Gasteiger partial charge in [-0.2, -0.15) is 0 Å². The molecule has 2 saturated heterocycles. The summed E-state index contributed by atoms with van der Waals surface area (Å²) in [6.07, 6.45) is 3.23. The van der Waals surface area contributed by atoms with Gasteiger partial charge in [0, 0.05) is 13.1 Å². The van der Waals surface area contributed by atoms with E-state index in [1.54, 1.807) is 0 Å². The maximum absolute atomic E-state index is 12.1. The Kier molecular flexibility index (Phi) is 4.01. The van der Waals surface area contributed by atoms with E-state index in [0.717, 1.165) is 45.4 Å². The van der Waals surface area contributed by atoms with E-state index in [9.17, 15) is 4.79 Å². The molecule has 2 rings (SSSR count). The number of halogens is 1. The molecule has 0 aliphatic carbocycles. The highest BCUT2D eigenvalue weighted by atomic mass is 35.5. The quantitative estimate of drug-likeness (QED) is 0.682. The monoisotopic (exact) mass is 232 g/mol. The van der Waals surface area contributed by atoms with Gasteiger partial charge in [0.15, 0.2) is 0 Å². The number of likely N-dealkylation sites (tertiary alicyclic amines) is 2. The molecule has 1 spiro atoms. The van der Waals surface area contributed by atoms with Crippen LogP contribution >= 0.6 is 12.4 Å². The number of hydrogen-bond acceptors (Lipinski definition) is 2. The number of carbonyl (C=O) groups excluding carboxylic acids is 1. The van der Waals surface area contributed by atoms with Crippen LogP contribution in [0, 0.1) is 5.41 Å². The lowest BCUT2D eigenvalue weighted by Gasteiger charge is -2.36. The first kappa shape index (κ1) is 12.8. The van der Waals surface area contributed by atoms with Crippen LogP contribution in [0.1, 0.15) is 26.2 Å². The Bertz CT molecular complexity index is 237. The SMILES string of the molecule is CCN1CCC2(CCN(C)CC2)C1=O.Cl. The third-order valence-electron chi connectivity index (χ3n) is 3.93. The largest absolute Gasteiger partial charge is 0.342 e. The summed E-state index contributed by atoms with van der Waals surface area (Å²) in [5.41, 5.74) is 0.0303. The van der Waals surface area contributed by atoms with Crippen molar-refractivity contribution >= 4 is 18.3 Å². The highest BCUT2D eigenvalue weighted by molar-refractivity contribution is 5.85. The van der Waals surface area contributed by atoms with Crippen LogP contribution in [0.2, 0.25) is 0 Å². The van der Waals surface area contributed by atoms with Crippen LogP contribution in [0.4, 0.5) is 0 Å². The first-order valence-corrected chi connectivity index (χ1v) is 5.66. The van der Waals surface area contributed by atoms with E-state index in [0.29, 0.717) is 5.91 Å². The van der Waals surface area contributed by atoms with Crippen molar-refractivity contribution in [2.24, 2.45) is 5.41 Å². The zero-order valence-electron chi connectivity index (χ0n) is 9.66. The van der Waals surface area contributed by atoms with Gasteiger partial charge in [-0.25, -0.2) is 0 Å². The van der Waals surface area contributed by atoms with Crippen LogP contribution in [0.15, 0.2) is 0 Å². The van der Waals surface area contributed by atoms with E-state index >= 15 is 0 Å². The lowest BCUT2D eigenvalue weighted by Crippen LogP contribution is -2.43. The molecule has 0 aromatic rings. The molecule has 0 saturated carbocycles. The molecule has 3 nitrogen and oxygen atoms in total. The fourth-order valence-electron chi connectivity index (χ4n) is 2.71. The van der Waals surface area contributed by atoms with Crippen molar-refractivity contribution in [3.05, 3.63) is 0 Å². The molecule has 2 heterocycles. The molecule has 2 fully saturated rings. The summed E-state index contributed by atoms with van der Waals surface area (Å²) < 4.78 is 0. The average molecular weight is 233 g/mol. The van der Waals surface area contributed by atoms with Crippen molar-refractivity contribution < 1.29 is 4.79 Å². The second-order valence-electron chi connectivity index (χ2n) is 4.72. The highest BCUT2D eigenvalue weighted by Crippen LogP contribution is 2.40. The van der Waals surface area contributed by atoms with Crippen LogP contribution in [0.5, 0.6) is 0 Å². The molecular formula is C11H21ClN2O. The van der Waals surface area contributed by atoms with Gasteiger partial charge in [0.1, 0.15) is 0 Å². The van der Waals surface area contributed by atoms with Crippen LogP contribution < -0.4 is 0 Å². The summed E-state index contributed by atoms with van der Waals surface area (Å²) in [5.74, 6) is 0.424. The molecule has 1 amide bonds. The predicted molar refractivity (Wildman–Crippen MR) is 63.3 cm³/mol. The Morgan fingerprint density at radius 1 is 1.20 bits per heavy atom. The molecule has 2 aliphatic heterocycles. The topological polar surface area (TPSA) is 23.6 Å². The predicted octanol–water partition coefficient (Wildman–Crippen LogP) is 1.37. The van der Waals surface area contributed by atoms with E-state index in [1.807, 2.05) is 4.90 Å². The average Bonchev–Trinajstić information content (AvgIpc) is 2.50. The van der Waals surface area contributed by atoms with Crippen molar-refractivity contribution in [3.63, 3.8) is 0 Å². The maximum atomic E-state index is 12.1. The summed E-state index contributed by atoms with van der Waals surface area (Å²) in [7, 11) is 2.14. The van der Waals surface area contributed by atoms with Crippen LogP contribution in [0.3, 0.4) is 0 Å². The lowest BCUT2D eigenvalue weighted by molar-refractivity contribution is -0.138. The van der Waals surface area contributed by atoms with E-state index in [4.69, 9.17) is 0 Å². The molecule has 88 valence electrons. The number of carbonyl (C=O) groups is 1. The summed E-state index contributed by atoms with van der Waals surface area (Å²) in [6.45, 7) is 6.12. The third kappa shape index (κ3) is 2.13. The normalized spacial score (nSPS) is 25.7. The summed E-state index contributed by atoms with van der Waals surface area (Å²) >= 11 is 0. The van der Waals surface area contributed by atoms with E-state index in [1.165, 1.54) is 0 Å². The van der Waals surface area contributed by atoms with Crippen molar-refractivity contribution in [2.45, 2.75) is 26.2 Å². The Labute approximate surface area is 98.2 Å². The van der Waals surface area contributed by atoms with Gasteiger partial charge in [-0.3, -0.25) is 4.79 Å². The summed E-state index contributed by atoms with van der Waals surface area (Å²) in [5, 5.41) is 0. The van der Waals surface area contributed by atoms with E-state index in [2.05, 4.69) is 18.9 Å². The van der Waals surface area contributed by atoms with Crippen molar-refractivity contribution in [1.29, 1.82) is 0 Å². The number of nitrogens with zero attached hydrogens (tertiary/aromatic N) is 2. The van der Waals surface area contributed by atoms with Gasteiger partial charge in [-0.1, -0.05) is 0 Å². The second-order valence-corrected chi connectivity index (χ2v) is 4.72. The first-order valence-electron chi connectivity index (χ1n) is 5.66. The van der Waals surface area contributed by atoms with E-state index < -0.39 is 0 Å². The molecular weight excluding hydrogens is 212 g/mol. The molecule has 0 atom stereocenters. The molecule has 15 heavy (non-hydrogen) atoms. The Balaban J connectivity index is 0.00000112. The Morgan fingerprint density at radius 3 is 2.20 bits per heavy atom. The Morgan fingerprint density at radius 2 is 1.73 bits per heavy atom. The van der Waals surface area contributed by atoms with Gasteiger partial charge >= 0.3 is 0 Å². The molecule has 4 heteroatoms. The Hall–Kier alpha value is -0.280. The third-order valence-corrected chi connectivity index (χ3v) is 3.93. The lowest BCUT2D eigenvalue weighted by atomic mass is 9.77. The first-order chi connectivity index (χ1) is 6.68. The van der Waals surface area contributed by atoms with Crippen LogP contribution in [0.25, 0.3) is 0 Å². The van der Waals surface area contributed by atoms with Gasteiger partial charge in [0.25, 0.3) is 0 Å².